The van der Waals surface area contributed by atoms with Crippen molar-refractivity contribution in [1.29, 1.82) is 0 Å². The molecule has 4 heteroatoms. The van der Waals surface area contributed by atoms with Crippen LogP contribution in [0.2, 0.25) is 5.15 Å². The van der Waals surface area contributed by atoms with Gasteiger partial charge in [0.2, 0.25) is 0 Å². The maximum absolute atomic E-state index is 6.24. The first-order valence-corrected chi connectivity index (χ1v) is 7.18. The number of hydrogen-bond acceptors (Lipinski definition) is 3. The van der Waals surface area contributed by atoms with Gasteiger partial charge in [0.05, 0.1) is 0 Å². The summed E-state index contributed by atoms with van der Waals surface area (Å²) in [6, 6.07) is 4.42. The molecule has 18 heavy (non-hydrogen) atoms. The van der Waals surface area contributed by atoms with E-state index >= 15 is 0 Å². The largest absolute Gasteiger partial charge is 0.327 e. The molecular weight excluding hydrogens is 246 g/mol. The van der Waals surface area contributed by atoms with E-state index in [9.17, 15) is 0 Å². The van der Waals surface area contributed by atoms with Gasteiger partial charge in [0.1, 0.15) is 5.15 Å². The molecule has 2 fully saturated rings. The van der Waals surface area contributed by atoms with Crippen LogP contribution in [0, 0.1) is 11.8 Å². The molecule has 0 aromatic carbocycles. The molecule has 2 heterocycles. The summed E-state index contributed by atoms with van der Waals surface area (Å²) >= 11 is 5.93. The Hall–Kier alpha value is -0.640. The summed E-state index contributed by atoms with van der Waals surface area (Å²) in [4.78, 5) is 6.55. The molecule has 1 saturated carbocycles. The topological polar surface area (TPSA) is 42.1 Å². The molecule has 1 aliphatic heterocycles. The van der Waals surface area contributed by atoms with E-state index in [0.29, 0.717) is 17.1 Å². The maximum atomic E-state index is 6.24. The average Bonchev–Trinajstić information content (AvgIpc) is 2.73. The van der Waals surface area contributed by atoms with Gasteiger partial charge in [-0.25, -0.2) is 4.98 Å². The zero-order valence-electron chi connectivity index (χ0n) is 10.6. The molecule has 0 radical (unpaired) electrons. The number of pyridine rings is 1. The normalized spacial score (nSPS) is 32.4. The molecule has 1 aliphatic carbocycles. The molecule has 1 aromatic rings. The van der Waals surface area contributed by atoms with Crippen molar-refractivity contribution in [3.63, 3.8) is 0 Å². The standard InChI is InChI=1S/C14H20ClN3/c15-14-6-10(4-5-17-14)7-18-8-11-2-1-3-13(16)12(11)9-18/h4-6,11-13H,1-3,7-9,16H2. The summed E-state index contributed by atoms with van der Waals surface area (Å²) in [5.74, 6) is 1.52. The van der Waals surface area contributed by atoms with Crippen molar-refractivity contribution in [1.82, 2.24) is 9.88 Å². The molecule has 1 aromatic heterocycles. The third-order valence-electron chi connectivity index (χ3n) is 4.43. The summed E-state index contributed by atoms with van der Waals surface area (Å²) in [5, 5.41) is 0.584. The zero-order valence-corrected chi connectivity index (χ0v) is 11.3. The summed E-state index contributed by atoms with van der Waals surface area (Å²) in [6.45, 7) is 3.31. The van der Waals surface area contributed by atoms with Crippen molar-refractivity contribution < 1.29 is 0 Å². The lowest BCUT2D eigenvalue weighted by Gasteiger charge is -2.29. The molecule has 2 N–H and O–H groups in total. The van der Waals surface area contributed by atoms with E-state index in [0.717, 1.165) is 19.0 Å². The number of halogens is 1. The quantitative estimate of drug-likeness (QED) is 0.835. The molecule has 0 spiro atoms. The number of aromatic nitrogens is 1. The fourth-order valence-electron chi connectivity index (χ4n) is 3.54. The molecule has 1 saturated heterocycles. The highest BCUT2D eigenvalue weighted by atomic mass is 35.5. The lowest BCUT2D eigenvalue weighted by molar-refractivity contribution is 0.259. The second-order valence-electron chi connectivity index (χ2n) is 5.70. The Labute approximate surface area is 113 Å². The van der Waals surface area contributed by atoms with Crippen LogP contribution in [0.4, 0.5) is 0 Å². The van der Waals surface area contributed by atoms with Gasteiger partial charge in [0.15, 0.2) is 0 Å². The Bertz CT molecular complexity index is 423. The van der Waals surface area contributed by atoms with E-state index in [1.165, 1.54) is 31.4 Å². The Morgan fingerprint density at radius 1 is 1.39 bits per heavy atom. The summed E-state index contributed by atoms with van der Waals surface area (Å²) in [5.41, 5.74) is 7.49. The molecule has 3 nitrogen and oxygen atoms in total. The summed E-state index contributed by atoms with van der Waals surface area (Å²) < 4.78 is 0. The Balaban J connectivity index is 1.65. The number of nitrogens with zero attached hydrogens (tertiary/aromatic N) is 2. The number of hydrogen-bond donors (Lipinski definition) is 1. The number of fused-ring (bicyclic) bond motifs is 1. The van der Waals surface area contributed by atoms with Gasteiger partial charge in [0.25, 0.3) is 0 Å². The van der Waals surface area contributed by atoms with E-state index in [-0.39, 0.29) is 0 Å². The van der Waals surface area contributed by atoms with Crippen LogP contribution in [0.5, 0.6) is 0 Å². The zero-order chi connectivity index (χ0) is 12.5. The van der Waals surface area contributed by atoms with Gasteiger partial charge < -0.3 is 5.73 Å². The Morgan fingerprint density at radius 2 is 2.28 bits per heavy atom. The molecule has 98 valence electrons. The maximum Gasteiger partial charge on any atom is 0.129 e. The fraction of sp³-hybridized carbons (Fsp3) is 0.643. The summed E-state index contributed by atoms with van der Waals surface area (Å²) in [7, 11) is 0. The minimum absolute atomic E-state index is 0.412. The highest BCUT2D eigenvalue weighted by Crippen LogP contribution is 2.36. The van der Waals surface area contributed by atoms with Gasteiger partial charge >= 0.3 is 0 Å². The number of likely N-dealkylation sites (tertiary alicyclic amines) is 1. The van der Waals surface area contributed by atoms with Crippen LogP contribution in [-0.4, -0.2) is 29.0 Å². The first kappa shape index (κ1) is 12.4. The van der Waals surface area contributed by atoms with E-state index < -0.39 is 0 Å². The van der Waals surface area contributed by atoms with Crippen LogP contribution < -0.4 is 5.73 Å². The first-order valence-electron chi connectivity index (χ1n) is 6.81. The van der Waals surface area contributed by atoms with Crippen LogP contribution in [0.15, 0.2) is 18.3 Å². The average molecular weight is 266 g/mol. The van der Waals surface area contributed by atoms with Gasteiger partial charge in [0, 0.05) is 31.9 Å². The lowest BCUT2D eigenvalue weighted by Crippen LogP contribution is -2.38. The first-order chi connectivity index (χ1) is 8.72. The van der Waals surface area contributed by atoms with Crippen LogP contribution in [0.3, 0.4) is 0 Å². The molecular formula is C14H20ClN3. The molecule has 0 amide bonds. The molecule has 3 atom stereocenters. The van der Waals surface area contributed by atoms with Crippen LogP contribution in [0.1, 0.15) is 24.8 Å². The second kappa shape index (κ2) is 5.16. The predicted molar refractivity (Wildman–Crippen MR) is 73.3 cm³/mol. The van der Waals surface area contributed by atoms with Crippen molar-refractivity contribution in [2.24, 2.45) is 17.6 Å². The highest BCUT2D eigenvalue weighted by molar-refractivity contribution is 6.29. The van der Waals surface area contributed by atoms with Gasteiger partial charge in [-0.3, -0.25) is 4.90 Å². The van der Waals surface area contributed by atoms with Gasteiger partial charge in [-0.05, 0) is 42.4 Å². The highest BCUT2D eigenvalue weighted by Gasteiger charge is 2.38. The third kappa shape index (κ3) is 2.53. The monoisotopic (exact) mass is 265 g/mol. The molecule has 3 unspecified atom stereocenters. The summed E-state index contributed by atoms with van der Waals surface area (Å²) in [6.07, 6.45) is 5.64. The van der Waals surface area contributed by atoms with E-state index in [1.54, 1.807) is 6.20 Å². The van der Waals surface area contributed by atoms with E-state index in [2.05, 4.69) is 9.88 Å². The van der Waals surface area contributed by atoms with E-state index in [4.69, 9.17) is 17.3 Å². The van der Waals surface area contributed by atoms with Crippen LogP contribution in [-0.2, 0) is 6.54 Å². The van der Waals surface area contributed by atoms with Crippen molar-refractivity contribution in [2.75, 3.05) is 13.1 Å². The predicted octanol–water partition coefficient (Wildman–Crippen LogP) is 2.29. The van der Waals surface area contributed by atoms with E-state index in [1.807, 2.05) is 12.1 Å². The van der Waals surface area contributed by atoms with Crippen molar-refractivity contribution in [3.05, 3.63) is 29.0 Å². The van der Waals surface area contributed by atoms with Crippen molar-refractivity contribution in [3.8, 4) is 0 Å². The second-order valence-corrected chi connectivity index (χ2v) is 6.09. The van der Waals surface area contributed by atoms with Gasteiger partial charge in [-0.2, -0.15) is 0 Å². The van der Waals surface area contributed by atoms with Crippen LogP contribution in [0.25, 0.3) is 0 Å². The molecule has 3 rings (SSSR count). The molecule has 0 bridgehead atoms. The SMILES string of the molecule is NC1CCCC2CN(Cc3ccnc(Cl)c3)CC12. The number of nitrogens with two attached hydrogens (primary N) is 1. The Kier molecular flexibility index (Phi) is 3.55. The fourth-order valence-corrected chi connectivity index (χ4v) is 3.73. The van der Waals surface area contributed by atoms with Crippen molar-refractivity contribution in [2.45, 2.75) is 31.8 Å². The van der Waals surface area contributed by atoms with Gasteiger partial charge in [-0.1, -0.05) is 18.0 Å². The minimum Gasteiger partial charge on any atom is -0.327 e. The van der Waals surface area contributed by atoms with Crippen molar-refractivity contribution >= 4 is 11.6 Å². The number of rotatable bonds is 2. The smallest absolute Gasteiger partial charge is 0.129 e. The van der Waals surface area contributed by atoms with Gasteiger partial charge in [-0.15, -0.1) is 0 Å². The lowest BCUT2D eigenvalue weighted by atomic mass is 9.78. The molecule has 2 aliphatic rings. The Morgan fingerprint density at radius 3 is 3.06 bits per heavy atom. The third-order valence-corrected chi connectivity index (χ3v) is 4.63. The van der Waals surface area contributed by atoms with Crippen LogP contribution >= 0.6 is 11.6 Å². The minimum atomic E-state index is 0.412.